The van der Waals surface area contributed by atoms with Crippen molar-refractivity contribution in [3.8, 4) is 17.6 Å². The first-order chi connectivity index (χ1) is 10.7. The molecule has 0 saturated carbocycles. The summed E-state index contributed by atoms with van der Waals surface area (Å²) < 4.78 is 10.9. The van der Waals surface area contributed by atoms with Gasteiger partial charge in [-0.15, -0.1) is 0 Å². The fraction of sp³-hybridized carbons (Fsp3) is 0.471. The molecule has 0 saturated heterocycles. The predicted octanol–water partition coefficient (Wildman–Crippen LogP) is 2.80. The molecule has 3 N–H and O–H groups in total. The van der Waals surface area contributed by atoms with Gasteiger partial charge in [0.1, 0.15) is 18.5 Å². The molecule has 0 spiro atoms. The summed E-state index contributed by atoms with van der Waals surface area (Å²) in [6.45, 7) is 4.32. The third kappa shape index (κ3) is 4.20. The van der Waals surface area contributed by atoms with Crippen molar-refractivity contribution >= 4 is 21.6 Å². The summed E-state index contributed by atoms with van der Waals surface area (Å²) in [5.74, 6) is 7.12. The lowest BCUT2D eigenvalue weighted by molar-refractivity contribution is 0.0999. The van der Waals surface area contributed by atoms with E-state index in [0.717, 1.165) is 22.9 Å². The van der Waals surface area contributed by atoms with Gasteiger partial charge in [-0.1, -0.05) is 31.8 Å². The highest BCUT2D eigenvalue weighted by Gasteiger charge is 2.14. The Morgan fingerprint density at radius 2 is 2.09 bits per heavy atom. The van der Waals surface area contributed by atoms with E-state index in [1.54, 1.807) is 6.20 Å². The van der Waals surface area contributed by atoms with Crippen molar-refractivity contribution in [2.45, 2.75) is 38.8 Å². The Hall–Kier alpha value is -1.61. The minimum Gasteiger partial charge on any atom is -0.490 e. The number of benzene rings is 1. The van der Waals surface area contributed by atoms with E-state index in [4.69, 9.17) is 10.5 Å². The van der Waals surface area contributed by atoms with E-state index in [2.05, 4.69) is 30.1 Å². The molecular weight excluding hydrogens is 296 g/mol. The fourth-order valence-corrected chi connectivity index (χ4v) is 2.74. The number of ether oxygens (including phenoxy) is 1. The van der Waals surface area contributed by atoms with E-state index >= 15 is 0 Å². The van der Waals surface area contributed by atoms with Crippen LogP contribution in [0.3, 0.4) is 0 Å². The molecule has 2 atom stereocenters. The van der Waals surface area contributed by atoms with Gasteiger partial charge in [0.15, 0.2) is 0 Å². The summed E-state index contributed by atoms with van der Waals surface area (Å²) in [6.07, 6.45) is 2.95. The van der Waals surface area contributed by atoms with Gasteiger partial charge in [-0.05, 0) is 36.5 Å². The van der Waals surface area contributed by atoms with Crippen LogP contribution in [-0.2, 0) is 0 Å². The van der Waals surface area contributed by atoms with Crippen molar-refractivity contribution in [2.24, 2.45) is 11.7 Å². The first-order valence-corrected chi connectivity index (χ1v) is 8.33. The van der Waals surface area contributed by atoms with Crippen molar-refractivity contribution < 1.29 is 9.84 Å². The Kier molecular flexibility index (Phi) is 6.20. The Morgan fingerprint density at radius 3 is 2.82 bits per heavy atom. The van der Waals surface area contributed by atoms with E-state index in [1.807, 2.05) is 18.2 Å². The summed E-state index contributed by atoms with van der Waals surface area (Å²) >= 11 is 1.42. The number of rotatable bonds is 6. The Bertz CT molecular complexity index is 655. The number of aromatic nitrogens is 1. The van der Waals surface area contributed by atoms with Crippen LogP contribution >= 0.6 is 11.5 Å². The Labute approximate surface area is 135 Å². The van der Waals surface area contributed by atoms with Crippen LogP contribution in [0.5, 0.6) is 5.75 Å². The van der Waals surface area contributed by atoms with Crippen molar-refractivity contribution in [1.82, 2.24) is 4.37 Å². The molecule has 4 nitrogen and oxygen atoms in total. The second-order valence-electron chi connectivity index (χ2n) is 5.20. The van der Waals surface area contributed by atoms with E-state index < -0.39 is 12.1 Å². The molecule has 0 radical (unpaired) electrons. The molecule has 0 aliphatic rings. The number of hydrogen-bond acceptors (Lipinski definition) is 5. The van der Waals surface area contributed by atoms with E-state index in [9.17, 15) is 5.11 Å². The van der Waals surface area contributed by atoms with Crippen LogP contribution < -0.4 is 10.5 Å². The number of hydrogen-bond donors (Lipinski definition) is 2. The number of fused-ring (bicyclic) bond motifs is 1. The van der Waals surface area contributed by atoms with Gasteiger partial charge in [-0.25, -0.2) is 0 Å². The molecule has 2 unspecified atom stereocenters. The second kappa shape index (κ2) is 8.14. The zero-order valence-corrected chi connectivity index (χ0v) is 13.8. The SMILES string of the molecule is CCC(C#CC(N)C(O)COc1cccc2sncc12)CC. The molecule has 0 aliphatic carbocycles. The zero-order chi connectivity index (χ0) is 15.9. The van der Waals surface area contributed by atoms with Crippen molar-refractivity contribution in [3.63, 3.8) is 0 Å². The van der Waals surface area contributed by atoms with Crippen LogP contribution in [0, 0.1) is 17.8 Å². The number of aliphatic hydroxyl groups excluding tert-OH is 1. The first-order valence-electron chi connectivity index (χ1n) is 7.56. The highest BCUT2D eigenvalue weighted by atomic mass is 32.1. The molecule has 118 valence electrons. The molecule has 1 heterocycles. The molecule has 0 fully saturated rings. The highest BCUT2D eigenvalue weighted by molar-refractivity contribution is 7.13. The molecule has 0 aliphatic heterocycles. The summed E-state index contributed by atoms with van der Waals surface area (Å²) in [5.41, 5.74) is 5.92. The predicted molar refractivity (Wildman–Crippen MR) is 90.9 cm³/mol. The average molecular weight is 318 g/mol. The molecule has 1 aromatic heterocycles. The van der Waals surface area contributed by atoms with Crippen LogP contribution in [0.15, 0.2) is 24.4 Å². The summed E-state index contributed by atoms with van der Waals surface area (Å²) in [7, 11) is 0. The molecule has 2 rings (SSSR count). The maximum Gasteiger partial charge on any atom is 0.129 e. The Balaban J connectivity index is 1.94. The van der Waals surface area contributed by atoms with Crippen molar-refractivity contribution in [3.05, 3.63) is 24.4 Å². The standard InChI is InChI=1S/C17H22N2O2S/c1-3-12(4-2)8-9-14(18)15(20)11-21-16-6-5-7-17-13(16)10-19-22-17/h5-7,10,12,14-15,20H,3-4,11,18H2,1-2H3. The zero-order valence-electron chi connectivity index (χ0n) is 13.0. The molecule has 2 aromatic rings. The second-order valence-corrected chi connectivity index (χ2v) is 6.03. The van der Waals surface area contributed by atoms with Crippen LogP contribution in [0.4, 0.5) is 0 Å². The van der Waals surface area contributed by atoms with Crippen LogP contribution in [-0.4, -0.2) is 28.2 Å². The maximum atomic E-state index is 10.1. The minimum absolute atomic E-state index is 0.119. The van der Waals surface area contributed by atoms with Gasteiger partial charge < -0.3 is 15.6 Å². The lowest BCUT2D eigenvalue weighted by Crippen LogP contribution is -2.37. The van der Waals surface area contributed by atoms with Crippen LogP contribution in [0.1, 0.15) is 26.7 Å². The molecule has 0 amide bonds. The summed E-state index contributed by atoms with van der Waals surface area (Å²) in [6, 6.07) is 5.17. The number of nitrogens with zero attached hydrogens (tertiary/aromatic N) is 1. The van der Waals surface area contributed by atoms with Gasteiger partial charge >= 0.3 is 0 Å². The minimum atomic E-state index is -0.816. The Morgan fingerprint density at radius 1 is 1.32 bits per heavy atom. The molecular formula is C17H22N2O2S. The normalized spacial score (nSPS) is 13.7. The topological polar surface area (TPSA) is 68.4 Å². The summed E-state index contributed by atoms with van der Waals surface area (Å²) in [4.78, 5) is 0. The largest absolute Gasteiger partial charge is 0.490 e. The van der Waals surface area contributed by atoms with Crippen LogP contribution in [0.25, 0.3) is 10.1 Å². The lowest BCUT2D eigenvalue weighted by atomic mass is 10.0. The van der Waals surface area contributed by atoms with E-state index in [0.29, 0.717) is 11.7 Å². The quantitative estimate of drug-likeness (QED) is 0.804. The number of aliphatic hydroxyl groups is 1. The molecule has 5 heteroatoms. The highest BCUT2D eigenvalue weighted by Crippen LogP contribution is 2.27. The van der Waals surface area contributed by atoms with E-state index in [1.165, 1.54) is 11.5 Å². The number of nitrogens with two attached hydrogens (primary N) is 1. The van der Waals surface area contributed by atoms with Gasteiger partial charge in [-0.2, -0.15) is 4.37 Å². The van der Waals surface area contributed by atoms with Gasteiger partial charge in [0.2, 0.25) is 0 Å². The van der Waals surface area contributed by atoms with Crippen molar-refractivity contribution in [2.75, 3.05) is 6.61 Å². The molecule has 0 bridgehead atoms. The third-order valence-electron chi connectivity index (χ3n) is 3.62. The fourth-order valence-electron chi connectivity index (χ4n) is 2.07. The van der Waals surface area contributed by atoms with Crippen molar-refractivity contribution in [1.29, 1.82) is 0 Å². The average Bonchev–Trinajstić information content (AvgIpc) is 3.02. The lowest BCUT2D eigenvalue weighted by Gasteiger charge is -2.15. The summed E-state index contributed by atoms with van der Waals surface area (Å²) in [5, 5.41) is 11.0. The van der Waals surface area contributed by atoms with Gasteiger partial charge in [0.25, 0.3) is 0 Å². The molecule has 1 aromatic carbocycles. The third-order valence-corrected chi connectivity index (χ3v) is 4.39. The van der Waals surface area contributed by atoms with Crippen LogP contribution in [0.2, 0.25) is 0 Å². The van der Waals surface area contributed by atoms with E-state index in [-0.39, 0.29) is 6.61 Å². The first kappa shape index (κ1) is 16.8. The van der Waals surface area contributed by atoms with Gasteiger partial charge in [-0.3, -0.25) is 0 Å². The van der Waals surface area contributed by atoms with Gasteiger partial charge in [0, 0.05) is 5.92 Å². The smallest absolute Gasteiger partial charge is 0.129 e. The monoisotopic (exact) mass is 318 g/mol. The maximum absolute atomic E-state index is 10.1. The molecule has 22 heavy (non-hydrogen) atoms. The van der Waals surface area contributed by atoms with Gasteiger partial charge in [0.05, 0.1) is 22.3 Å².